The summed E-state index contributed by atoms with van der Waals surface area (Å²) in [7, 11) is 0. The van der Waals surface area contributed by atoms with Crippen molar-refractivity contribution in [3.05, 3.63) is 83.7 Å². The van der Waals surface area contributed by atoms with Crippen LogP contribution < -0.4 is 16.4 Å². The van der Waals surface area contributed by atoms with Crippen molar-refractivity contribution in [3.8, 4) is 11.1 Å². The van der Waals surface area contributed by atoms with Crippen molar-refractivity contribution in [3.63, 3.8) is 0 Å². The number of anilines is 1. The van der Waals surface area contributed by atoms with E-state index in [9.17, 15) is 4.79 Å². The van der Waals surface area contributed by atoms with E-state index in [-0.39, 0.29) is 18.0 Å². The Morgan fingerprint density at radius 1 is 1.03 bits per heavy atom. The molecule has 1 unspecified atom stereocenters. The molecule has 4 aromatic rings. The van der Waals surface area contributed by atoms with Crippen LogP contribution in [-0.2, 0) is 13.0 Å². The Balaban J connectivity index is 1.19. The Morgan fingerprint density at radius 3 is 2.46 bits per heavy atom. The maximum atomic E-state index is 12.9. The quantitative estimate of drug-likeness (QED) is 0.365. The van der Waals surface area contributed by atoms with Gasteiger partial charge in [-0.3, -0.25) is 4.79 Å². The van der Waals surface area contributed by atoms with Crippen LogP contribution in [0, 0.1) is 0 Å². The molecule has 7 heteroatoms. The third-order valence-electron chi connectivity index (χ3n) is 6.76. The van der Waals surface area contributed by atoms with E-state index >= 15 is 0 Å². The first-order chi connectivity index (χ1) is 17.1. The summed E-state index contributed by atoms with van der Waals surface area (Å²) in [5.41, 5.74) is 10.0. The molecule has 1 aliphatic carbocycles. The molecule has 2 aromatic heterocycles. The fourth-order valence-corrected chi connectivity index (χ4v) is 4.85. The Bertz CT molecular complexity index is 1300. The molecule has 1 amide bonds. The van der Waals surface area contributed by atoms with Crippen LogP contribution in [0.25, 0.3) is 16.8 Å². The van der Waals surface area contributed by atoms with Crippen molar-refractivity contribution in [1.82, 2.24) is 19.9 Å². The first-order valence-corrected chi connectivity index (χ1v) is 12.5. The van der Waals surface area contributed by atoms with Crippen molar-refractivity contribution in [2.75, 3.05) is 5.32 Å². The molecule has 0 saturated heterocycles. The molecular formula is C28H33N6O+. The summed E-state index contributed by atoms with van der Waals surface area (Å²) in [4.78, 5) is 17.6. The van der Waals surface area contributed by atoms with E-state index in [1.165, 1.54) is 5.56 Å². The van der Waals surface area contributed by atoms with Gasteiger partial charge in [0.25, 0.3) is 5.91 Å². The summed E-state index contributed by atoms with van der Waals surface area (Å²) < 4.78 is 1.86. The van der Waals surface area contributed by atoms with Crippen LogP contribution in [-0.4, -0.2) is 32.6 Å². The molecule has 5 rings (SSSR count). The number of hydrogen-bond donors (Lipinski definition) is 3. The van der Waals surface area contributed by atoms with Crippen molar-refractivity contribution in [2.45, 2.75) is 57.7 Å². The van der Waals surface area contributed by atoms with Crippen LogP contribution in [0.2, 0.25) is 0 Å². The minimum Gasteiger partial charge on any atom is -0.367 e. The molecule has 2 atom stereocenters. The molecule has 5 N–H and O–H groups in total. The molecule has 0 bridgehead atoms. The fraction of sp³-hybridized carbons (Fsp3) is 0.321. The van der Waals surface area contributed by atoms with Gasteiger partial charge in [-0.1, -0.05) is 49.7 Å². The zero-order chi connectivity index (χ0) is 24.2. The second-order valence-electron chi connectivity index (χ2n) is 9.33. The van der Waals surface area contributed by atoms with Gasteiger partial charge >= 0.3 is 0 Å². The number of carbonyl (C=O) groups excluding carboxylic acids is 1. The van der Waals surface area contributed by atoms with E-state index in [1.54, 1.807) is 6.20 Å². The third kappa shape index (κ3) is 5.20. The maximum absolute atomic E-state index is 12.9. The predicted octanol–water partition coefficient (Wildman–Crippen LogP) is 3.85. The lowest BCUT2D eigenvalue weighted by molar-refractivity contribution is -0.386. The lowest BCUT2D eigenvalue weighted by Gasteiger charge is -2.17. The first-order valence-electron chi connectivity index (χ1n) is 12.5. The van der Waals surface area contributed by atoms with Crippen molar-refractivity contribution < 1.29 is 10.5 Å². The van der Waals surface area contributed by atoms with Gasteiger partial charge in [0.1, 0.15) is 5.82 Å². The highest BCUT2D eigenvalue weighted by Gasteiger charge is 2.27. The molecule has 1 aliphatic rings. The predicted molar refractivity (Wildman–Crippen MR) is 138 cm³/mol. The van der Waals surface area contributed by atoms with Gasteiger partial charge in [0.05, 0.1) is 12.7 Å². The Labute approximate surface area is 205 Å². The first kappa shape index (κ1) is 23.1. The molecule has 1 fully saturated rings. The smallest absolute Gasteiger partial charge is 0.251 e. The highest BCUT2D eigenvalue weighted by molar-refractivity contribution is 5.94. The zero-order valence-electron chi connectivity index (χ0n) is 20.2. The summed E-state index contributed by atoms with van der Waals surface area (Å²) in [5, 5.41) is 11.3. The van der Waals surface area contributed by atoms with Gasteiger partial charge in [0, 0.05) is 41.0 Å². The van der Waals surface area contributed by atoms with Crippen molar-refractivity contribution >= 4 is 17.4 Å². The summed E-state index contributed by atoms with van der Waals surface area (Å²) >= 11 is 0. The number of carbonyl (C=O) groups is 1. The topological polar surface area (TPSA) is 99.0 Å². The SMILES string of the molecule is CCCc1cc(N[C@@H]2CCC(NC(=O)c3ccc(-c4ccc(C[NH3+])cc4)cc3)C2)n2nccc2n1. The van der Waals surface area contributed by atoms with Gasteiger partial charge in [-0.15, -0.1) is 0 Å². The lowest BCUT2D eigenvalue weighted by atomic mass is 10.0. The summed E-state index contributed by atoms with van der Waals surface area (Å²) in [6.07, 6.45) is 6.62. The van der Waals surface area contributed by atoms with Gasteiger partial charge in [-0.05, 0) is 48.9 Å². The van der Waals surface area contributed by atoms with E-state index in [2.05, 4.69) is 63.7 Å². The number of rotatable bonds is 8. The second-order valence-corrected chi connectivity index (χ2v) is 9.33. The van der Waals surface area contributed by atoms with Crippen LogP contribution in [0.3, 0.4) is 0 Å². The maximum Gasteiger partial charge on any atom is 0.251 e. The van der Waals surface area contributed by atoms with E-state index in [4.69, 9.17) is 0 Å². The van der Waals surface area contributed by atoms with Crippen LogP contribution in [0.15, 0.2) is 66.9 Å². The number of fused-ring (bicyclic) bond motifs is 1. The summed E-state index contributed by atoms with van der Waals surface area (Å²) in [6, 6.07) is 20.7. The van der Waals surface area contributed by atoms with Gasteiger partial charge < -0.3 is 16.4 Å². The molecule has 35 heavy (non-hydrogen) atoms. The average Bonchev–Trinajstić information content (AvgIpc) is 3.54. The van der Waals surface area contributed by atoms with Gasteiger partial charge in [0.2, 0.25) is 0 Å². The second kappa shape index (κ2) is 10.3. The van der Waals surface area contributed by atoms with E-state index in [0.717, 1.165) is 66.9 Å². The summed E-state index contributed by atoms with van der Waals surface area (Å²) in [6.45, 7) is 2.95. The molecule has 180 valence electrons. The van der Waals surface area contributed by atoms with Crippen LogP contribution in [0.4, 0.5) is 5.82 Å². The third-order valence-corrected chi connectivity index (χ3v) is 6.76. The van der Waals surface area contributed by atoms with E-state index in [0.29, 0.717) is 5.56 Å². The molecular weight excluding hydrogens is 436 g/mol. The van der Waals surface area contributed by atoms with Crippen LogP contribution in [0.1, 0.15) is 54.2 Å². The minimum absolute atomic E-state index is 0.0155. The van der Waals surface area contributed by atoms with E-state index in [1.807, 2.05) is 34.8 Å². The lowest BCUT2D eigenvalue weighted by Crippen LogP contribution is -2.47. The molecule has 2 heterocycles. The molecule has 0 spiro atoms. The van der Waals surface area contributed by atoms with Crippen molar-refractivity contribution in [2.24, 2.45) is 0 Å². The molecule has 2 aromatic carbocycles. The van der Waals surface area contributed by atoms with E-state index < -0.39 is 0 Å². The zero-order valence-corrected chi connectivity index (χ0v) is 20.2. The number of hydrogen-bond acceptors (Lipinski definition) is 4. The molecule has 0 radical (unpaired) electrons. The number of aromatic nitrogens is 3. The largest absolute Gasteiger partial charge is 0.367 e. The highest BCUT2D eigenvalue weighted by atomic mass is 16.1. The van der Waals surface area contributed by atoms with Crippen LogP contribution >= 0.6 is 0 Å². The molecule has 1 saturated carbocycles. The van der Waals surface area contributed by atoms with Gasteiger partial charge in [0.15, 0.2) is 5.65 Å². The Kier molecular flexibility index (Phi) is 6.77. The monoisotopic (exact) mass is 469 g/mol. The normalized spacial score (nSPS) is 17.5. The summed E-state index contributed by atoms with van der Waals surface area (Å²) in [5.74, 6) is 0.956. The number of benzene rings is 2. The highest BCUT2D eigenvalue weighted by Crippen LogP contribution is 2.25. The van der Waals surface area contributed by atoms with Gasteiger partial charge in [-0.2, -0.15) is 9.61 Å². The molecule has 7 nitrogen and oxygen atoms in total. The number of quaternary nitrogens is 1. The number of aryl methyl sites for hydroxylation is 1. The number of nitrogens with one attached hydrogen (secondary N) is 2. The minimum atomic E-state index is -0.0155. The standard InChI is InChI=1S/C28H32N6O/c1-2-3-23-17-27(34-26(31-23)14-15-30-34)32-24-12-13-25(16-24)33-28(35)22-10-8-21(9-11-22)20-6-4-19(18-29)5-7-20/h4-11,14-15,17,24-25,32H,2-3,12-13,16,18,29H2,1H3,(H,33,35)/p+1/t24-,25?/m1/s1. The molecule has 0 aliphatic heterocycles. The fourth-order valence-electron chi connectivity index (χ4n) is 4.85. The Hall–Kier alpha value is -3.71. The number of nitrogens with zero attached hydrogens (tertiary/aromatic N) is 3. The number of amides is 1. The van der Waals surface area contributed by atoms with Crippen LogP contribution in [0.5, 0.6) is 0 Å². The van der Waals surface area contributed by atoms with Crippen molar-refractivity contribution in [1.29, 1.82) is 0 Å². The van der Waals surface area contributed by atoms with Gasteiger partial charge in [-0.25, -0.2) is 4.98 Å². The Morgan fingerprint density at radius 2 is 1.74 bits per heavy atom. The average molecular weight is 470 g/mol.